The molecule has 1 aromatic heterocycles. The fourth-order valence-corrected chi connectivity index (χ4v) is 2.69. The first-order chi connectivity index (χ1) is 9.13. The van der Waals surface area contributed by atoms with Gasteiger partial charge < -0.3 is 15.7 Å². The first-order valence-corrected chi connectivity index (χ1v) is 6.86. The Morgan fingerprint density at radius 2 is 2.32 bits per heavy atom. The van der Waals surface area contributed by atoms with Crippen molar-refractivity contribution in [3.05, 3.63) is 17.8 Å². The van der Waals surface area contributed by atoms with Crippen molar-refractivity contribution in [3.63, 3.8) is 0 Å². The molecule has 3 N–H and O–H groups in total. The second kappa shape index (κ2) is 5.91. The van der Waals surface area contributed by atoms with Crippen LogP contribution >= 0.6 is 0 Å². The zero-order chi connectivity index (χ0) is 13.8. The molecule has 5 heteroatoms. The molecule has 19 heavy (non-hydrogen) atoms. The summed E-state index contributed by atoms with van der Waals surface area (Å²) in [6.07, 6.45) is 6.18. The summed E-state index contributed by atoms with van der Waals surface area (Å²) in [5.74, 6) is 0.382. The molecule has 5 nitrogen and oxygen atoms in total. The highest BCUT2D eigenvalue weighted by Gasteiger charge is 2.20. The van der Waals surface area contributed by atoms with Crippen molar-refractivity contribution in [2.75, 3.05) is 23.7 Å². The van der Waals surface area contributed by atoms with Crippen molar-refractivity contribution in [2.24, 2.45) is 5.92 Å². The molecule has 0 aliphatic carbocycles. The van der Waals surface area contributed by atoms with Crippen molar-refractivity contribution < 1.29 is 9.90 Å². The van der Waals surface area contributed by atoms with Gasteiger partial charge in [0.05, 0.1) is 11.3 Å². The average molecular weight is 263 g/mol. The molecule has 0 amide bonds. The van der Waals surface area contributed by atoms with Crippen molar-refractivity contribution in [1.29, 1.82) is 0 Å². The van der Waals surface area contributed by atoms with Gasteiger partial charge in [0.2, 0.25) is 0 Å². The smallest absolute Gasteiger partial charge is 0.337 e. The second-order valence-electron chi connectivity index (χ2n) is 5.09. The first-order valence-electron chi connectivity index (χ1n) is 6.86. The maximum Gasteiger partial charge on any atom is 0.337 e. The predicted octanol–water partition coefficient (Wildman–Crippen LogP) is 2.38. The van der Waals surface area contributed by atoms with Crippen molar-refractivity contribution in [2.45, 2.75) is 32.6 Å². The highest BCUT2D eigenvalue weighted by atomic mass is 16.4. The molecule has 0 spiro atoms. The normalized spacial score (nSPS) is 20.1. The van der Waals surface area contributed by atoms with Gasteiger partial charge in [0.25, 0.3) is 0 Å². The maximum atomic E-state index is 11.1. The number of hydrogen-bond donors (Lipinski definition) is 2. The molecule has 1 unspecified atom stereocenters. The number of carboxylic acid groups (broad SMARTS) is 1. The molecule has 0 radical (unpaired) electrons. The van der Waals surface area contributed by atoms with Gasteiger partial charge in [-0.2, -0.15) is 0 Å². The van der Waals surface area contributed by atoms with Gasteiger partial charge in [-0.3, -0.25) is 0 Å². The van der Waals surface area contributed by atoms with Crippen LogP contribution in [0, 0.1) is 5.92 Å². The second-order valence-corrected chi connectivity index (χ2v) is 5.09. The summed E-state index contributed by atoms with van der Waals surface area (Å²) in [6.45, 7) is 4.02. The molecule has 0 saturated carbocycles. The number of anilines is 2. The van der Waals surface area contributed by atoms with Crippen molar-refractivity contribution >= 4 is 17.5 Å². The minimum Gasteiger partial charge on any atom is -0.478 e. The number of carbonyl (C=O) groups is 1. The van der Waals surface area contributed by atoms with E-state index in [-0.39, 0.29) is 11.3 Å². The van der Waals surface area contributed by atoms with Gasteiger partial charge in [-0.1, -0.05) is 13.3 Å². The molecular weight excluding hydrogens is 242 g/mol. The summed E-state index contributed by atoms with van der Waals surface area (Å²) in [4.78, 5) is 17.5. The number of rotatable bonds is 3. The average Bonchev–Trinajstić information content (AvgIpc) is 2.64. The van der Waals surface area contributed by atoms with E-state index >= 15 is 0 Å². The van der Waals surface area contributed by atoms with Gasteiger partial charge in [-0.25, -0.2) is 9.78 Å². The van der Waals surface area contributed by atoms with E-state index in [0.29, 0.717) is 5.82 Å². The summed E-state index contributed by atoms with van der Waals surface area (Å²) in [6, 6.07) is 1.45. The quantitative estimate of drug-likeness (QED) is 0.875. The molecule has 1 aliphatic heterocycles. The summed E-state index contributed by atoms with van der Waals surface area (Å²) < 4.78 is 0. The van der Waals surface area contributed by atoms with Gasteiger partial charge in [0, 0.05) is 19.3 Å². The van der Waals surface area contributed by atoms with Crippen LogP contribution in [0.15, 0.2) is 12.3 Å². The van der Waals surface area contributed by atoms with Gasteiger partial charge >= 0.3 is 5.97 Å². The van der Waals surface area contributed by atoms with E-state index in [1.54, 1.807) is 0 Å². The highest BCUT2D eigenvalue weighted by molar-refractivity contribution is 5.96. The zero-order valence-corrected chi connectivity index (χ0v) is 11.3. The molecule has 0 bridgehead atoms. The summed E-state index contributed by atoms with van der Waals surface area (Å²) in [7, 11) is 0. The molecule has 1 aromatic rings. The molecule has 1 aliphatic rings. The number of aromatic carboxylic acids is 1. The summed E-state index contributed by atoms with van der Waals surface area (Å²) >= 11 is 0. The van der Waals surface area contributed by atoms with E-state index in [2.05, 4.69) is 16.8 Å². The number of pyridine rings is 1. The highest BCUT2D eigenvalue weighted by Crippen LogP contribution is 2.28. The molecule has 2 rings (SSSR count). The third-order valence-corrected chi connectivity index (χ3v) is 3.92. The number of hydrogen-bond acceptors (Lipinski definition) is 4. The Hall–Kier alpha value is -1.78. The van der Waals surface area contributed by atoms with Crippen molar-refractivity contribution in [1.82, 2.24) is 4.98 Å². The Balaban J connectivity index is 2.22. The van der Waals surface area contributed by atoms with Crippen LogP contribution in [0.5, 0.6) is 0 Å². The zero-order valence-electron chi connectivity index (χ0n) is 11.3. The molecule has 1 saturated heterocycles. The van der Waals surface area contributed by atoms with Crippen LogP contribution in [0.4, 0.5) is 11.5 Å². The fraction of sp³-hybridized carbons (Fsp3) is 0.571. The first kappa shape index (κ1) is 13.6. The van der Waals surface area contributed by atoms with Crippen LogP contribution in [-0.2, 0) is 0 Å². The van der Waals surface area contributed by atoms with E-state index < -0.39 is 5.97 Å². The van der Waals surface area contributed by atoms with E-state index in [1.807, 2.05) is 0 Å². The van der Waals surface area contributed by atoms with E-state index in [4.69, 9.17) is 10.8 Å². The fourth-order valence-electron chi connectivity index (χ4n) is 2.69. The maximum absolute atomic E-state index is 11.1. The largest absolute Gasteiger partial charge is 0.478 e. The molecule has 1 fully saturated rings. The number of nitrogens with zero attached hydrogens (tertiary/aromatic N) is 2. The lowest BCUT2D eigenvalue weighted by Crippen LogP contribution is -2.27. The predicted molar refractivity (Wildman–Crippen MR) is 75.5 cm³/mol. The van der Waals surface area contributed by atoms with Gasteiger partial charge in [0.15, 0.2) is 5.82 Å². The third-order valence-electron chi connectivity index (χ3n) is 3.92. The number of aromatic nitrogens is 1. The van der Waals surface area contributed by atoms with Gasteiger partial charge in [-0.05, 0) is 31.2 Å². The number of nitrogens with two attached hydrogens (primary N) is 1. The lowest BCUT2D eigenvalue weighted by atomic mass is 9.98. The topological polar surface area (TPSA) is 79.5 Å². The van der Waals surface area contributed by atoms with Crippen LogP contribution in [-0.4, -0.2) is 29.1 Å². The Kier molecular flexibility index (Phi) is 4.24. The standard InChI is InChI=1S/C14H21N3O2/c1-2-10-4-3-8-17(9-6-10)13-12(15)11(14(18)19)5-7-16-13/h5,7,10H,2-4,6,8-9,15H2,1H3,(H,18,19). The Morgan fingerprint density at radius 3 is 3.00 bits per heavy atom. The van der Waals surface area contributed by atoms with Gasteiger partial charge in [0.1, 0.15) is 0 Å². The SMILES string of the molecule is CCC1CCCN(c2nccc(C(=O)O)c2N)CC1. The van der Waals surface area contributed by atoms with E-state index in [1.165, 1.54) is 25.1 Å². The summed E-state index contributed by atoms with van der Waals surface area (Å²) in [5.41, 5.74) is 6.37. The minimum absolute atomic E-state index is 0.140. The molecule has 1 atom stereocenters. The third kappa shape index (κ3) is 2.97. The van der Waals surface area contributed by atoms with Crippen LogP contribution in [0.3, 0.4) is 0 Å². The Bertz CT molecular complexity index is 462. The monoisotopic (exact) mass is 263 g/mol. The minimum atomic E-state index is -0.998. The Morgan fingerprint density at radius 1 is 1.53 bits per heavy atom. The molecular formula is C14H21N3O2. The van der Waals surface area contributed by atoms with Crippen LogP contribution in [0.2, 0.25) is 0 Å². The number of nitrogen functional groups attached to an aromatic ring is 1. The molecule has 2 heterocycles. The molecule has 104 valence electrons. The Labute approximate surface area is 113 Å². The van der Waals surface area contributed by atoms with Crippen LogP contribution in [0.25, 0.3) is 0 Å². The lowest BCUT2D eigenvalue weighted by molar-refractivity contribution is 0.0698. The van der Waals surface area contributed by atoms with Crippen LogP contribution < -0.4 is 10.6 Å². The summed E-state index contributed by atoms with van der Waals surface area (Å²) in [5, 5.41) is 9.10. The van der Waals surface area contributed by atoms with E-state index in [0.717, 1.165) is 31.8 Å². The van der Waals surface area contributed by atoms with Crippen LogP contribution in [0.1, 0.15) is 43.0 Å². The molecule has 0 aromatic carbocycles. The van der Waals surface area contributed by atoms with Gasteiger partial charge in [-0.15, -0.1) is 0 Å². The van der Waals surface area contributed by atoms with Crippen molar-refractivity contribution in [3.8, 4) is 0 Å². The van der Waals surface area contributed by atoms with E-state index in [9.17, 15) is 4.79 Å². The number of carboxylic acids is 1. The lowest BCUT2D eigenvalue weighted by Gasteiger charge is -2.23.